The van der Waals surface area contributed by atoms with Gasteiger partial charge in [-0.05, 0) is 136 Å². The number of likely N-dealkylation sites (tertiary alicyclic amines) is 1. The first-order chi connectivity index (χ1) is 24.4. The van der Waals surface area contributed by atoms with Gasteiger partial charge in [-0.1, -0.05) is 41.5 Å². The third-order valence-corrected chi connectivity index (χ3v) is 17.0. The number of hydrogen-bond acceptors (Lipinski definition) is 6. The average Bonchev–Trinajstić information content (AvgIpc) is 3.55. The average molecular weight is 709 g/mol. The van der Waals surface area contributed by atoms with E-state index < -0.39 is 0 Å². The molecular formula is C43H72N4O4. The molecule has 4 saturated carbocycles. The van der Waals surface area contributed by atoms with Crippen LogP contribution in [0.25, 0.3) is 0 Å². The summed E-state index contributed by atoms with van der Waals surface area (Å²) in [5, 5.41) is 3.36. The van der Waals surface area contributed by atoms with Crippen molar-refractivity contribution in [1.29, 1.82) is 0 Å². The van der Waals surface area contributed by atoms with Gasteiger partial charge in [0, 0.05) is 57.1 Å². The van der Waals surface area contributed by atoms with Gasteiger partial charge in [0.1, 0.15) is 6.42 Å². The SMILES string of the molecule is CC(C)CN1CCC(N2CCN(C(=O)CC(=O)N[C@H]3CC[C@]4(C)C5CC[C@]6(C)[C@@H]7[C@H](C[C@H]6[C@@H]5CC[C@@H]4C3)O[C@]3(CC[C@@H](C)CO3)[C@H]7C)CC2)CC1. The van der Waals surface area contributed by atoms with Crippen LogP contribution < -0.4 is 5.32 Å². The number of carbonyl (C=O) groups is 2. The van der Waals surface area contributed by atoms with E-state index in [0.29, 0.717) is 46.6 Å². The van der Waals surface area contributed by atoms with E-state index in [1.807, 2.05) is 4.90 Å². The maximum Gasteiger partial charge on any atom is 0.232 e. The number of rotatable bonds is 6. The number of piperidine rings is 1. The second kappa shape index (κ2) is 14.1. The van der Waals surface area contributed by atoms with E-state index in [1.54, 1.807) is 0 Å². The molecule has 1 unspecified atom stereocenters. The first-order valence-electron chi connectivity index (χ1n) is 21.7. The Morgan fingerprint density at radius 3 is 2.27 bits per heavy atom. The summed E-state index contributed by atoms with van der Waals surface area (Å²) in [4.78, 5) is 33.7. The summed E-state index contributed by atoms with van der Waals surface area (Å²) in [6.07, 6.45) is 15.0. The van der Waals surface area contributed by atoms with Gasteiger partial charge in [0.15, 0.2) is 5.79 Å². The van der Waals surface area contributed by atoms with Crippen molar-refractivity contribution >= 4 is 11.8 Å². The predicted molar refractivity (Wildman–Crippen MR) is 201 cm³/mol. The number of hydrogen-bond donors (Lipinski definition) is 1. The van der Waals surface area contributed by atoms with Gasteiger partial charge in [-0.25, -0.2) is 0 Å². The Kier molecular flexibility index (Phi) is 10.2. The summed E-state index contributed by atoms with van der Waals surface area (Å²) in [5.74, 6) is 5.11. The molecule has 8 rings (SSSR count). The van der Waals surface area contributed by atoms with Gasteiger partial charge < -0.3 is 24.6 Å². The Morgan fingerprint density at radius 1 is 0.824 bits per heavy atom. The van der Waals surface area contributed by atoms with E-state index >= 15 is 0 Å². The van der Waals surface area contributed by atoms with Crippen molar-refractivity contribution in [3.8, 4) is 0 Å². The number of ether oxygens (including phenoxy) is 2. The highest BCUT2D eigenvalue weighted by molar-refractivity contribution is 5.97. The molecule has 0 aromatic carbocycles. The minimum Gasteiger partial charge on any atom is -0.353 e. The van der Waals surface area contributed by atoms with Gasteiger partial charge in [-0.15, -0.1) is 0 Å². The molecule has 8 aliphatic rings. The number of carbonyl (C=O) groups excluding carboxylic acids is 2. The van der Waals surface area contributed by atoms with Crippen LogP contribution in [-0.4, -0.2) is 103 Å². The standard InChI is InChI=1S/C43H72N4O4/c1-28(2)26-45-17-12-33(13-18-45)46-19-21-47(22-20-46)39(49)25-38(48)44-32-10-14-41(5)31(23-32)7-8-34-35(41)11-15-42(6)36(34)24-37-40(42)30(4)43(51-37)16-9-29(3)27-50-43/h28-37,40H,7-27H2,1-6H3,(H,44,48)/t29-,30+,31-,32+,34-,35?,36+,37+,40+,41+,42+,43-/m1/s1. The second-order valence-corrected chi connectivity index (χ2v) is 20.2. The molecule has 0 aromatic rings. The van der Waals surface area contributed by atoms with Crippen molar-refractivity contribution in [2.75, 3.05) is 52.4 Å². The highest BCUT2D eigenvalue weighted by atomic mass is 16.7. The van der Waals surface area contributed by atoms with Crippen LogP contribution in [0.5, 0.6) is 0 Å². The van der Waals surface area contributed by atoms with Gasteiger partial charge in [0.2, 0.25) is 11.8 Å². The van der Waals surface area contributed by atoms with Gasteiger partial charge in [-0.3, -0.25) is 14.5 Å². The monoisotopic (exact) mass is 709 g/mol. The number of fused-ring (bicyclic) bond motifs is 7. The van der Waals surface area contributed by atoms with Crippen LogP contribution in [0.3, 0.4) is 0 Å². The molecule has 4 saturated heterocycles. The molecule has 2 amide bonds. The molecule has 1 N–H and O–H groups in total. The van der Waals surface area contributed by atoms with Crippen molar-refractivity contribution in [2.24, 2.45) is 58.2 Å². The van der Waals surface area contributed by atoms with Crippen LogP contribution in [-0.2, 0) is 19.1 Å². The maximum atomic E-state index is 13.3. The molecule has 0 radical (unpaired) electrons. The summed E-state index contributed by atoms with van der Waals surface area (Å²) in [6, 6.07) is 0.851. The van der Waals surface area contributed by atoms with E-state index in [-0.39, 0.29) is 30.1 Å². The topological polar surface area (TPSA) is 74.4 Å². The molecule has 1 spiro atoms. The molecule has 0 aromatic heterocycles. The number of nitrogens with one attached hydrogen (secondary N) is 1. The third-order valence-electron chi connectivity index (χ3n) is 17.0. The van der Waals surface area contributed by atoms with Crippen LogP contribution in [0.2, 0.25) is 0 Å². The zero-order valence-electron chi connectivity index (χ0n) is 33.2. The largest absolute Gasteiger partial charge is 0.353 e. The normalized spacial score (nSPS) is 46.4. The predicted octanol–water partition coefficient (Wildman–Crippen LogP) is 6.57. The zero-order valence-corrected chi connectivity index (χ0v) is 33.2. The van der Waals surface area contributed by atoms with Gasteiger partial charge in [0.05, 0.1) is 12.7 Å². The first kappa shape index (κ1) is 36.7. The Labute approximate surface area is 309 Å². The van der Waals surface area contributed by atoms with Crippen LogP contribution in [0, 0.1) is 58.2 Å². The molecule has 12 atom stereocenters. The second-order valence-electron chi connectivity index (χ2n) is 20.2. The number of amides is 2. The van der Waals surface area contributed by atoms with Crippen molar-refractivity contribution in [1.82, 2.24) is 20.0 Å². The maximum absolute atomic E-state index is 13.3. The third kappa shape index (κ3) is 6.64. The molecular weight excluding hydrogens is 636 g/mol. The summed E-state index contributed by atoms with van der Waals surface area (Å²) in [6.45, 7) is 22.5. The number of nitrogens with zero attached hydrogens (tertiary/aromatic N) is 3. The zero-order chi connectivity index (χ0) is 35.7. The lowest BCUT2D eigenvalue weighted by Crippen LogP contribution is -2.56. The van der Waals surface area contributed by atoms with Gasteiger partial charge >= 0.3 is 0 Å². The fraction of sp³-hybridized carbons (Fsp3) is 0.953. The minimum absolute atomic E-state index is 0.00512. The molecule has 4 heterocycles. The van der Waals surface area contributed by atoms with E-state index in [9.17, 15) is 9.59 Å². The molecule has 288 valence electrons. The fourth-order valence-corrected chi connectivity index (χ4v) is 14.3. The van der Waals surface area contributed by atoms with Crippen LogP contribution in [0.4, 0.5) is 0 Å². The highest BCUT2D eigenvalue weighted by Crippen LogP contribution is 2.71. The van der Waals surface area contributed by atoms with Crippen molar-refractivity contribution < 1.29 is 19.1 Å². The molecule has 8 fully saturated rings. The van der Waals surface area contributed by atoms with Crippen LogP contribution in [0.15, 0.2) is 0 Å². The Hall–Kier alpha value is -1.22. The summed E-state index contributed by atoms with van der Waals surface area (Å²) < 4.78 is 13.6. The first-order valence-corrected chi connectivity index (χ1v) is 21.7. The number of piperazine rings is 1. The molecule has 51 heavy (non-hydrogen) atoms. The van der Waals surface area contributed by atoms with E-state index in [4.69, 9.17) is 9.47 Å². The molecule has 8 nitrogen and oxygen atoms in total. The molecule has 0 bridgehead atoms. The quantitative estimate of drug-likeness (QED) is 0.315. The Morgan fingerprint density at radius 2 is 1.57 bits per heavy atom. The Bertz CT molecular complexity index is 1270. The minimum atomic E-state index is -0.330. The van der Waals surface area contributed by atoms with Crippen LogP contribution in [0.1, 0.15) is 125 Å². The lowest BCUT2D eigenvalue weighted by atomic mass is 9.44. The fourth-order valence-electron chi connectivity index (χ4n) is 14.3. The van der Waals surface area contributed by atoms with Crippen LogP contribution >= 0.6 is 0 Å². The highest BCUT2D eigenvalue weighted by Gasteiger charge is 2.69. The van der Waals surface area contributed by atoms with Crippen molar-refractivity contribution in [2.45, 2.75) is 149 Å². The molecule has 8 heteroatoms. The van der Waals surface area contributed by atoms with E-state index in [0.717, 1.165) is 75.7 Å². The smallest absolute Gasteiger partial charge is 0.232 e. The summed E-state index contributed by atoms with van der Waals surface area (Å²) in [5.41, 5.74) is 0.722. The summed E-state index contributed by atoms with van der Waals surface area (Å²) >= 11 is 0. The molecule has 4 aliphatic carbocycles. The van der Waals surface area contributed by atoms with Gasteiger partial charge in [0.25, 0.3) is 0 Å². The van der Waals surface area contributed by atoms with Crippen molar-refractivity contribution in [3.05, 3.63) is 0 Å². The van der Waals surface area contributed by atoms with E-state index in [2.05, 4.69) is 56.7 Å². The lowest BCUT2D eigenvalue weighted by Gasteiger charge is -2.61. The Balaban J connectivity index is 0.804. The molecule has 4 aliphatic heterocycles. The van der Waals surface area contributed by atoms with Gasteiger partial charge in [-0.2, -0.15) is 0 Å². The summed E-state index contributed by atoms with van der Waals surface area (Å²) in [7, 11) is 0. The lowest BCUT2D eigenvalue weighted by molar-refractivity contribution is -0.273. The van der Waals surface area contributed by atoms with E-state index in [1.165, 1.54) is 77.4 Å². The van der Waals surface area contributed by atoms with Crippen molar-refractivity contribution in [3.63, 3.8) is 0 Å².